The highest BCUT2D eigenvalue weighted by Crippen LogP contribution is 2.35. The van der Waals surface area contributed by atoms with Crippen molar-refractivity contribution < 1.29 is 9.53 Å². The van der Waals surface area contributed by atoms with Crippen molar-refractivity contribution in [2.45, 2.75) is 45.6 Å². The quantitative estimate of drug-likeness (QED) is 0.820. The standard InChI is InChI=1S/C21H24N2O2/c1-14-10-11-20-19(12-14)23(13-15(2)25-20)21(24)22-18-9-5-7-16-6-3-4-8-17(16)18/h5,7,9-12,15H,3-4,6,8,13H2,1-2H3,(H,22,24)/t15-/m0/s1. The predicted molar refractivity (Wildman–Crippen MR) is 101 cm³/mol. The van der Waals surface area contributed by atoms with Gasteiger partial charge in [-0.3, -0.25) is 4.90 Å². The molecule has 1 aliphatic heterocycles. The molecule has 0 saturated heterocycles. The summed E-state index contributed by atoms with van der Waals surface area (Å²) in [6.07, 6.45) is 4.55. The van der Waals surface area contributed by atoms with Crippen LogP contribution in [0.3, 0.4) is 0 Å². The van der Waals surface area contributed by atoms with E-state index in [0.717, 1.165) is 35.5 Å². The van der Waals surface area contributed by atoms with Crippen molar-refractivity contribution in [3.05, 3.63) is 53.1 Å². The second-order valence-electron chi connectivity index (χ2n) is 7.09. The first kappa shape index (κ1) is 16.0. The van der Waals surface area contributed by atoms with Gasteiger partial charge in [0.25, 0.3) is 0 Å². The molecule has 0 radical (unpaired) electrons. The number of anilines is 2. The third-order valence-electron chi connectivity index (χ3n) is 5.06. The number of hydrogen-bond acceptors (Lipinski definition) is 2. The Morgan fingerprint density at radius 3 is 2.92 bits per heavy atom. The lowest BCUT2D eigenvalue weighted by atomic mass is 9.90. The topological polar surface area (TPSA) is 41.6 Å². The lowest BCUT2D eigenvalue weighted by Crippen LogP contribution is -2.44. The maximum absolute atomic E-state index is 13.0. The van der Waals surface area contributed by atoms with Crippen molar-refractivity contribution in [1.29, 1.82) is 0 Å². The Labute approximate surface area is 148 Å². The van der Waals surface area contributed by atoms with E-state index in [4.69, 9.17) is 4.74 Å². The molecule has 1 atom stereocenters. The molecule has 1 heterocycles. The van der Waals surface area contributed by atoms with Gasteiger partial charge in [-0.15, -0.1) is 0 Å². The average molecular weight is 336 g/mol. The number of amides is 2. The van der Waals surface area contributed by atoms with Crippen LogP contribution in [0.4, 0.5) is 16.2 Å². The van der Waals surface area contributed by atoms with Gasteiger partial charge in [0.1, 0.15) is 11.9 Å². The van der Waals surface area contributed by atoms with Crippen LogP contribution in [0.15, 0.2) is 36.4 Å². The van der Waals surface area contributed by atoms with Crippen LogP contribution >= 0.6 is 0 Å². The van der Waals surface area contributed by atoms with Gasteiger partial charge in [-0.1, -0.05) is 18.2 Å². The number of benzene rings is 2. The first-order valence-electron chi connectivity index (χ1n) is 9.08. The molecule has 4 heteroatoms. The highest BCUT2D eigenvalue weighted by atomic mass is 16.5. The maximum Gasteiger partial charge on any atom is 0.326 e. The summed E-state index contributed by atoms with van der Waals surface area (Å²) in [5.41, 5.74) is 5.59. The molecular weight excluding hydrogens is 312 g/mol. The molecule has 2 amide bonds. The van der Waals surface area contributed by atoms with E-state index < -0.39 is 0 Å². The van der Waals surface area contributed by atoms with E-state index in [2.05, 4.69) is 11.4 Å². The molecule has 0 saturated carbocycles. The minimum atomic E-state index is -0.0824. The van der Waals surface area contributed by atoms with Crippen LogP contribution in [0.25, 0.3) is 0 Å². The van der Waals surface area contributed by atoms with Crippen LogP contribution < -0.4 is 15.0 Å². The van der Waals surface area contributed by atoms with Crippen molar-refractivity contribution >= 4 is 17.4 Å². The fraction of sp³-hybridized carbons (Fsp3) is 0.381. The summed E-state index contributed by atoms with van der Waals surface area (Å²) in [5, 5.41) is 3.15. The first-order chi connectivity index (χ1) is 12.1. The number of carbonyl (C=O) groups is 1. The van der Waals surface area contributed by atoms with Gasteiger partial charge in [-0.05, 0) is 74.4 Å². The minimum Gasteiger partial charge on any atom is -0.487 e. The van der Waals surface area contributed by atoms with E-state index in [1.807, 2.05) is 44.2 Å². The average Bonchev–Trinajstić information content (AvgIpc) is 2.61. The number of nitrogens with one attached hydrogen (secondary N) is 1. The van der Waals surface area contributed by atoms with Gasteiger partial charge >= 0.3 is 6.03 Å². The molecule has 2 aliphatic rings. The van der Waals surface area contributed by atoms with Crippen LogP contribution in [-0.4, -0.2) is 18.7 Å². The van der Waals surface area contributed by atoms with Gasteiger partial charge in [0.05, 0.1) is 12.2 Å². The van der Waals surface area contributed by atoms with E-state index in [0.29, 0.717) is 6.54 Å². The van der Waals surface area contributed by atoms with Crippen molar-refractivity contribution in [2.75, 3.05) is 16.8 Å². The fourth-order valence-electron chi connectivity index (χ4n) is 3.82. The van der Waals surface area contributed by atoms with Crippen LogP contribution in [0.1, 0.15) is 36.5 Å². The number of fused-ring (bicyclic) bond motifs is 2. The third kappa shape index (κ3) is 3.09. The van der Waals surface area contributed by atoms with Gasteiger partial charge in [-0.2, -0.15) is 0 Å². The monoisotopic (exact) mass is 336 g/mol. The van der Waals surface area contributed by atoms with Gasteiger partial charge in [0.2, 0.25) is 0 Å². The largest absolute Gasteiger partial charge is 0.487 e. The molecule has 1 N–H and O–H groups in total. The van der Waals surface area contributed by atoms with Crippen molar-refractivity contribution in [1.82, 2.24) is 0 Å². The number of carbonyl (C=O) groups excluding carboxylic acids is 1. The lowest BCUT2D eigenvalue weighted by molar-refractivity contribution is 0.208. The highest BCUT2D eigenvalue weighted by Gasteiger charge is 2.28. The van der Waals surface area contributed by atoms with Crippen molar-refractivity contribution in [3.8, 4) is 5.75 Å². The summed E-state index contributed by atoms with van der Waals surface area (Å²) in [5.74, 6) is 0.773. The Bertz CT molecular complexity index is 816. The highest BCUT2D eigenvalue weighted by molar-refractivity contribution is 6.03. The minimum absolute atomic E-state index is 0.0226. The number of hydrogen-bond donors (Lipinski definition) is 1. The lowest BCUT2D eigenvalue weighted by Gasteiger charge is -2.34. The van der Waals surface area contributed by atoms with Gasteiger partial charge in [0, 0.05) is 5.69 Å². The number of rotatable bonds is 1. The maximum atomic E-state index is 13.0. The molecule has 25 heavy (non-hydrogen) atoms. The molecule has 130 valence electrons. The Kier molecular flexibility index (Phi) is 4.12. The van der Waals surface area contributed by atoms with E-state index >= 15 is 0 Å². The molecule has 4 nitrogen and oxygen atoms in total. The number of aryl methyl sites for hydroxylation is 2. The second-order valence-corrected chi connectivity index (χ2v) is 7.09. The van der Waals surface area contributed by atoms with Gasteiger partial charge in [0.15, 0.2) is 0 Å². The zero-order valence-electron chi connectivity index (χ0n) is 14.8. The smallest absolute Gasteiger partial charge is 0.326 e. The molecule has 0 aromatic heterocycles. The summed E-state index contributed by atoms with van der Waals surface area (Å²) < 4.78 is 5.89. The van der Waals surface area contributed by atoms with Gasteiger partial charge in [-0.25, -0.2) is 4.79 Å². The van der Waals surface area contributed by atoms with Crippen LogP contribution in [0.2, 0.25) is 0 Å². The second kappa shape index (κ2) is 6.43. The Hall–Kier alpha value is -2.49. The van der Waals surface area contributed by atoms with Gasteiger partial charge < -0.3 is 10.1 Å². The summed E-state index contributed by atoms with van der Waals surface area (Å²) in [7, 11) is 0. The first-order valence-corrected chi connectivity index (χ1v) is 9.08. The zero-order valence-corrected chi connectivity index (χ0v) is 14.8. The summed E-state index contributed by atoms with van der Waals surface area (Å²) in [6, 6.07) is 12.1. The van der Waals surface area contributed by atoms with E-state index in [1.54, 1.807) is 4.90 Å². The number of ether oxygens (including phenoxy) is 1. The number of urea groups is 1. The van der Waals surface area contributed by atoms with E-state index in [9.17, 15) is 4.79 Å². The molecule has 1 aliphatic carbocycles. The molecular formula is C21H24N2O2. The van der Waals surface area contributed by atoms with E-state index in [-0.39, 0.29) is 12.1 Å². The van der Waals surface area contributed by atoms with Crippen LogP contribution in [0, 0.1) is 6.92 Å². The van der Waals surface area contributed by atoms with Crippen LogP contribution in [0.5, 0.6) is 5.75 Å². The summed E-state index contributed by atoms with van der Waals surface area (Å²) in [4.78, 5) is 14.8. The Balaban J connectivity index is 1.63. The normalized spacial score (nSPS) is 18.8. The number of nitrogens with zero attached hydrogens (tertiary/aromatic N) is 1. The summed E-state index contributed by atoms with van der Waals surface area (Å²) in [6.45, 7) is 4.58. The Morgan fingerprint density at radius 1 is 1.20 bits per heavy atom. The summed E-state index contributed by atoms with van der Waals surface area (Å²) >= 11 is 0. The predicted octanol–water partition coefficient (Wildman–Crippen LogP) is 4.69. The molecule has 0 spiro atoms. The van der Waals surface area contributed by atoms with E-state index in [1.165, 1.54) is 24.0 Å². The Morgan fingerprint density at radius 2 is 2.04 bits per heavy atom. The van der Waals surface area contributed by atoms with Crippen molar-refractivity contribution in [2.24, 2.45) is 0 Å². The SMILES string of the molecule is Cc1ccc2c(c1)N(C(=O)Nc1cccc3c1CCCC3)C[C@H](C)O2. The fourth-order valence-corrected chi connectivity index (χ4v) is 3.82. The zero-order chi connectivity index (χ0) is 17.4. The molecule has 2 aromatic rings. The molecule has 0 bridgehead atoms. The molecule has 2 aromatic carbocycles. The van der Waals surface area contributed by atoms with Crippen molar-refractivity contribution in [3.63, 3.8) is 0 Å². The third-order valence-corrected chi connectivity index (χ3v) is 5.06. The molecule has 0 unspecified atom stereocenters. The van der Waals surface area contributed by atoms with Crippen LogP contribution in [-0.2, 0) is 12.8 Å². The molecule has 0 fully saturated rings. The molecule has 4 rings (SSSR count).